The Morgan fingerprint density at radius 1 is 0.380 bits per heavy atom. The fraction of sp³-hybridized carbons (Fsp3) is 0.0612. The van der Waals surface area contributed by atoms with Gasteiger partial charge in [-0.2, -0.15) is 0 Å². The smallest absolute Gasteiger partial charge is 0.0540 e. The molecule has 8 aromatic carbocycles. The molecule has 0 unspecified atom stereocenters. The molecule has 0 saturated heterocycles. The summed E-state index contributed by atoms with van der Waals surface area (Å²) < 4.78 is 0. The topological polar surface area (TPSA) is 3.24 Å². The number of hydrogen-bond donors (Lipinski definition) is 0. The van der Waals surface area contributed by atoms with Gasteiger partial charge in [-0.05, 0) is 79.7 Å². The molecule has 0 heterocycles. The van der Waals surface area contributed by atoms with Gasteiger partial charge in [0, 0.05) is 22.1 Å². The molecule has 0 fully saturated rings. The Hall–Kier alpha value is -6.18. The summed E-state index contributed by atoms with van der Waals surface area (Å²) in [5.41, 5.74) is 16.0. The normalized spacial score (nSPS) is 12.8. The van der Waals surface area contributed by atoms with E-state index in [1.165, 1.54) is 66.4 Å². The number of hydrogen-bond acceptors (Lipinski definition) is 1. The van der Waals surface area contributed by atoms with Crippen LogP contribution in [0.15, 0.2) is 188 Å². The highest BCUT2D eigenvalue weighted by Gasteiger charge is 2.37. The Bertz CT molecular complexity index is 2500. The number of benzene rings is 8. The Balaban J connectivity index is 1.33. The summed E-state index contributed by atoms with van der Waals surface area (Å²) in [6.07, 6.45) is 0. The number of nitrogens with zero attached hydrogens (tertiary/aromatic N) is 1. The molecule has 0 saturated carbocycles. The molecule has 1 aliphatic carbocycles. The van der Waals surface area contributed by atoms with Gasteiger partial charge in [0.05, 0.1) is 11.4 Å². The highest BCUT2D eigenvalue weighted by Crippen LogP contribution is 2.54. The Morgan fingerprint density at radius 2 is 0.940 bits per heavy atom. The first-order chi connectivity index (χ1) is 24.6. The maximum atomic E-state index is 2.48. The second kappa shape index (κ2) is 12.1. The second-order valence-corrected chi connectivity index (χ2v) is 13.7. The first-order valence-corrected chi connectivity index (χ1v) is 17.5. The van der Waals surface area contributed by atoms with Crippen molar-refractivity contribution < 1.29 is 0 Å². The van der Waals surface area contributed by atoms with E-state index in [4.69, 9.17) is 0 Å². The molecule has 0 aliphatic heterocycles. The van der Waals surface area contributed by atoms with Gasteiger partial charge in [-0.1, -0.05) is 178 Å². The first kappa shape index (κ1) is 29.9. The summed E-state index contributed by atoms with van der Waals surface area (Å²) in [4.78, 5) is 2.48. The molecule has 1 nitrogen and oxygen atoms in total. The van der Waals surface area contributed by atoms with Crippen LogP contribution in [0.25, 0.3) is 55.3 Å². The molecule has 50 heavy (non-hydrogen) atoms. The van der Waals surface area contributed by atoms with Crippen molar-refractivity contribution in [2.45, 2.75) is 19.3 Å². The lowest BCUT2D eigenvalue weighted by Crippen LogP contribution is -2.15. The molecule has 9 rings (SSSR count). The molecule has 0 aromatic heterocycles. The minimum Gasteiger partial charge on any atom is -0.309 e. The Morgan fingerprint density at radius 3 is 1.74 bits per heavy atom. The van der Waals surface area contributed by atoms with E-state index < -0.39 is 0 Å². The third-order valence-corrected chi connectivity index (χ3v) is 10.5. The van der Waals surface area contributed by atoms with E-state index in [0.29, 0.717) is 0 Å². The van der Waals surface area contributed by atoms with Gasteiger partial charge >= 0.3 is 0 Å². The minimum atomic E-state index is -0.0793. The summed E-state index contributed by atoms with van der Waals surface area (Å²) >= 11 is 0. The molecule has 238 valence electrons. The zero-order chi connectivity index (χ0) is 33.7. The summed E-state index contributed by atoms with van der Waals surface area (Å²) in [5.74, 6) is 0. The van der Waals surface area contributed by atoms with E-state index in [2.05, 4.69) is 207 Å². The van der Waals surface area contributed by atoms with Crippen LogP contribution in [0.4, 0.5) is 17.1 Å². The molecule has 0 amide bonds. The van der Waals surface area contributed by atoms with Crippen molar-refractivity contribution in [2.24, 2.45) is 0 Å². The molecular formula is C49H37N. The summed E-state index contributed by atoms with van der Waals surface area (Å²) in [6, 6.07) is 68.6. The number of para-hydroxylation sites is 1. The van der Waals surface area contributed by atoms with Crippen LogP contribution in [-0.4, -0.2) is 0 Å². The van der Waals surface area contributed by atoms with Crippen molar-refractivity contribution in [3.63, 3.8) is 0 Å². The van der Waals surface area contributed by atoms with Crippen molar-refractivity contribution in [1.82, 2.24) is 0 Å². The van der Waals surface area contributed by atoms with Gasteiger partial charge in [0.2, 0.25) is 0 Å². The minimum absolute atomic E-state index is 0.0793. The summed E-state index contributed by atoms with van der Waals surface area (Å²) in [6.45, 7) is 4.71. The summed E-state index contributed by atoms with van der Waals surface area (Å²) in [5, 5.41) is 2.43. The molecule has 0 atom stereocenters. The van der Waals surface area contributed by atoms with Crippen LogP contribution < -0.4 is 4.90 Å². The standard InChI is InChI=1S/C49H37N/c1-49(2)44-27-13-11-25-42(44)48-41(26-16-28-45(48)49)40-24-12-14-29-47(40)50(46-30-15-22-35-21-9-10-23-39(35)46)37-31-32-38(34-17-5-3-6-18-34)43(33-37)36-19-7-4-8-20-36/h3-33H,1-2H3. The molecule has 0 bridgehead atoms. The van der Waals surface area contributed by atoms with E-state index in [1.807, 2.05) is 0 Å². The van der Waals surface area contributed by atoms with Gasteiger partial charge in [-0.25, -0.2) is 0 Å². The van der Waals surface area contributed by atoms with Gasteiger partial charge in [0.15, 0.2) is 0 Å². The number of fused-ring (bicyclic) bond motifs is 4. The third-order valence-electron chi connectivity index (χ3n) is 10.5. The average Bonchev–Trinajstić information content (AvgIpc) is 3.42. The summed E-state index contributed by atoms with van der Waals surface area (Å²) in [7, 11) is 0. The van der Waals surface area contributed by atoms with Crippen LogP contribution in [0.3, 0.4) is 0 Å². The van der Waals surface area contributed by atoms with Crippen LogP contribution in [-0.2, 0) is 5.41 Å². The molecular weight excluding hydrogens is 603 g/mol. The van der Waals surface area contributed by atoms with Gasteiger partial charge < -0.3 is 4.90 Å². The van der Waals surface area contributed by atoms with Crippen molar-refractivity contribution in [2.75, 3.05) is 4.90 Å². The Kier molecular flexibility index (Phi) is 7.21. The lowest BCUT2D eigenvalue weighted by molar-refractivity contribution is 0.660. The molecule has 0 N–H and O–H groups in total. The lowest BCUT2D eigenvalue weighted by Gasteiger charge is -2.30. The first-order valence-electron chi connectivity index (χ1n) is 17.5. The monoisotopic (exact) mass is 639 g/mol. The average molecular weight is 640 g/mol. The number of rotatable bonds is 6. The maximum Gasteiger partial charge on any atom is 0.0540 e. The second-order valence-electron chi connectivity index (χ2n) is 13.7. The van der Waals surface area contributed by atoms with Crippen LogP contribution in [0.2, 0.25) is 0 Å². The van der Waals surface area contributed by atoms with E-state index in [-0.39, 0.29) is 5.41 Å². The van der Waals surface area contributed by atoms with Crippen LogP contribution in [0, 0.1) is 0 Å². The van der Waals surface area contributed by atoms with E-state index in [1.54, 1.807) is 0 Å². The van der Waals surface area contributed by atoms with Crippen molar-refractivity contribution in [1.29, 1.82) is 0 Å². The molecule has 0 spiro atoms. The fourth-order valence-corrected chi connectivity index (χ4v) is 8.08. The highest BCUT2D eigenvalue weighted by atomic mass is 15.1. The predicted octanol–water partition coefficient (Wildman–Crippen LogP) is 13.6. The molecule has 0 radical (unpaired) electrons. The van der Waals surface area contributed by atoms with Gasteiger partial charge in [0.1, 0.15) is 0 Å². The van der Waals surface area contributed by atoms with Crippen LogP contribution in [0.1, 0.15) is 25.0 Å². The zero-order valence-corrected chi connectivity index (χ0v) is 28.3. The lowest BCUT2D eigenvalue weighted by atomic mass is 9.82. The van der Waals surface area contributed by atoms with Gasteiger partial charge in [-0.3, -0.25) is 0 Å². The van der Waals surface area contributed by atoms with Crippen LogP contribution in [0.5, 0.6) is 0 Å². The van der Waals surface area contributed by atoms with Gasteiger partial charge in [-0.15, -0.1) is 0 Å². The van der Waals surface area contributed by atoms with E-state index >= 15 is 0 Å². The zero-order valence-electron chi connectivity index (χ0n) is 28.3. The number of anilines is 3. The predicted molar refractivity (Wildman–Crippen MR) is 213 cm³/mol. The SMILES string of the molecule is CC1(C)c2ccccc2-c2c(-c3ccccc3N(c3ccc(-c4ccccc4)c(-c4ccccc4)c3)c3cccc4ccccc34)cccc21. The fourth-order valence-electron chi connectivity index (χ4n) is 8.08. The van der Waals surface area contributed by atoms with Crippen molar-refractivity contribution in [3.05, 3.63) is 199 Å². The van der Waals surface area contributed by atoms with E-state index in [9.17, 15) is 0 Å². The molecule has 1 aliphatic rings. The third kappa shape index (κ3) is 4.85. The largest absolute Gasteiger partial charge is 0.309 e. The van der Waals surface area contributed by atoms with Gasteiger partial charge in [0.25, 0.3) is 0 Å². The van der Waals surface area contributed by atoms with E-state index in [0.717, 1.165) is 17.1 Å². The maximum absolute atomic E-state index is 2.48. The molecule has 8 aromatic rings. The van der Waals surface area contributed by atoms with Crippen molar-refractivity contribution in [3.8, 4) is 44.5 Å². The molecule has 1 heteroatoms. The van der Waals surface area contributed by atoms with Crippen LogP contribution >= 0.6 is 0 Å². The Labute approximate surface area is 294 Å². The quantitative estimate of drug-likeness (QED) is 0.175. The highest BCUT2D eigenvalue weighted by molar-refractivity contribution is 6.04. The van der Waals surface area contributed by atoms with Crippen molar-refractivity contribution >= 4 is 27.8 Å².